The van der Waals surface area contributed by atoms with E-state index < -0.39 is 0 Å². The Labute approximate surface area is 103 Å². The minimum Gasteiger partial charge on any atom is -0.192 e. The van der Waals surface area contributed by atoms with Gasteiger partial charge in [-0.05, 0) is 45.9 Å². The first-order chi connectivity index (χ1) is 7.31. The van der Waals surface area contributed by atoms with E-state index in [-0.39, 0.29) is 0 Å². The molecule has 1 nitrogen and oxygen atoms in total. The lowest BCUT2D eigenvalue weighted by molar-refractivity contribution is 1.46. The number of nitriles is 1. The van der Waals surface area contributed by atoms with Crippen LogP contribution in [0, 0.1) is 14.9 Å². The van der Waals surface area contributed by atoms with E-state index in [0.717, 1.165) is 20.3 Å². The predicted molar refractivity (Wildman–Crippen MR) is 69.3 cm³/mol. The number of hydrogen-bond donors (Lipinski definition) is 0. The Morgan fingerprint density at radius 1 is 0.933 bits per heavy atom. The summed E-state index contributed by atoms with van der Waals surface area (Å²) in [7, 11) is 0. The minimum atomic E-state index is 0.733. The van der Waals surface area contributed by atoms with Crippen LogP contribution < -0.4 is 0 Å². The lowest BCUT2D eigenvalue weighted by Gasteiger charge is -2.02. The SMILES string of the molecule is N#Cc1cc(-c2ccccc2)ccc1I. The quantitative estimate of drug-likeness (QED) is 0.735. The van der Waals surface area contributed by atoms with Gasteiger partial charge in [-0.15, -0.1) is 0 Å². The lowest BCUT2D eigenvalue weighted by Crippen LogP contribution is -1.83. The zero-order valence-electron chi connectivity index (χ0n) is 7.94. The molecule has 0 N–H and O–H groups in total. The van der Waals surface area contributed by atoms with Crippen LogP contribution in [0.5, 0.6) is 0 Å². The fourth-order valence-electron chi connectivity index (χ4n) is 1.42. The van der Waals surface area contributed by atoms with Crippen LogP contribution in [0.15, 0.2) is 48.5 Å². The summed E-state index contributed by atoms with van der Waals surface area (Å²) in [4.78, 5) is 0. The van der Waals surface area contributed by atoms with Crippen LogP contribution in [0.25, 0.3) is 11.1 Å². The summed E-state index contributed by atoms with van der Waals surface area (Å²) >= 11 is 2.17. The molecule has 0 bridgehead atoms. The highest BCUT2D eigenvalue weighted by Gasteiger charge is 2.01. The Bertz CT molecular complexity index is 512. The van der Waals surface area contributed by atoms with Crippen LogP contribution in [-0.2, 0) is 0 Å². The summed E-state index contributed by atoms with van der Waals surface area (Å²) in [6, 6.07) is 18.2. The molecule has 0 aliphatic rings. The van der Waals surface area contributed by atoms with Crippen molar-refractivity contribution in [3.8, 4) is 17.2 Å². The number of rotatable bonds is 1. The Morgan fingerprint density at radius 3 is 2.33 bits per heavy atom. The molecule has 72 valence electrons. The third kappa shape index (κ3) is 2.18. The molecule has 0 atom stereocenters. The summed E-state index contributed by atoms with van der Waals surface area (Å²) in [5.74, 6) is 0. The van der Waals surface area contributed by atoms with Gasteiger partial charge in [0.2, 0.25) is 0 Å². The topological polar surface area (TPSA) is 23.8 Å². The molecule has 0 aliphatic heterocycles. The minimum absolute atomic E-state index is 0.733. The van der Waals surface area contributed by atoms with Gasteiger partial charge in [0.1, 0.15) is 6.07 Å². The van der Waals surface area contributed by atoms with Crippen LogP contribution in [-0.4, -0.2) is 0 Å². The second-order valence-corrected chi connectivity index (χ2v) is 4.33. The second-order valence-electron chi connectivity index (χ2n) is 3.17. The van der Waals surface area contributed by atoms with E-state index in [4.69, 9.17) is 5.26 Å². The van der Waals surface area contributed by atoms with Gasteiger partial charge in [0.05, 0.1) is 5.56 Å². The summed E-state index contributed by atoms with van der Waals surface area (Å²) in [5.41, 5.74) is 2.97. The first-order valence-electron chi connectivity index (χ1n) is 4.56. The molecule has 0 aromatic heterocycles. The van der Waals surface area contributed by atoms with Crippen molar-refractivity contribution in [2.24, 2.45) is 0 Å². The van der Waals surface area contributed by atoms with Crippen molar-refractivity contribution in [1.29, 1.82) is 5.26 Å². The maximum absolute atomic E-state index is 8.93. The van der Waals surface area contributed by atoms with Gasteiger partial charge in [-0.25, -0.2) is 0 Å². The van der Waals surface area contributed by atoms with Crippen molar-refractivity contribution in [2.45, 2.75) is 0 Å². The van der Waals surface area contributed by atoms with Crippen molar-refractivity contribution >= 4 is 22.6 Å². The standard InChI is InChI=1S/C13H8IN/c14-13-7-6-11(8-12(13)9-15)10-4-2-1-3-5-10/h1-8H. The third-order valence-electron chi connectivity index (χ3n) is 2.19. The van der Waals surface area contributed by atoms with Crippen LogP contribution in [0.3, 0.4) is 0 Å². The molecule has 0 fully saturated rings. The smallest absolute Gasteiger partial charge is 0.100 e. The van der Waals surface area contributed by atoms with Crippen molar-refractivity contribution in [1.82, 2.24) is 0 Å². The van der Waals surface area contributed by atoms with Crippen LogP contribution in [0.2, 0.25) is 0 Å². The maximum Gasteiger partial charge on any atom is 0.100 e. The van der Waals surface area contributed by atoms with Gasteiger partial charge in [-0.2, -0.15) is 5.26 Å². The van der Waals surface area contributed by atoms with Crippen molar-refractivity contribution < 1.29 is 0 Å². The van der Waals surface area contributed by atoms with Gasteiger partial charge < -0.3 is 0 Å². The highest BCUT2D eigenvalue weighted by atomic mass is 127. The zero-order chi connectivity index (χ0) is 10.7. The average Bonchev–Trinajstić information content (AvgIpc) is 2.31. The average molecular weight is 305 g/mol. The van der Waals surface area contributed by atoms with E-state index in [1.807, 2.05) is 48.5 Å². The first kappa shape index (κ1) is 10.2. The molecule has 0 aliphatic carbocycles. The number of nitrogens with zero attached hydrogens (tertiary/aromatic N) is 1. The van der Waals surface area contributed by atoms with E-state index in [2.05, 4.69) is 28.7 Å². The summed E-state index contributed by atoms with van der Waals surface area (Å²) in [6.45, 7) is 0. The Morgan fingerprint density at radius 2 is 1.67 bits per heavy atom. The highest BCUT2D eigenvalue weighted by molar-refractivity contribution is 14.1. The molecule has 2 rings (SSSR count). The zero-order valence-corrected chi connectivity index (χ0v) is 10.1. The molecule has 2 aromatic rings. The Balaban J connectivity index is 2.52. The van der Waals surface area contributed by atoms with Crippen LogP contribution in [0.4, 0.5) is 0 Å². The molecular weight excluding hydrogens is 297 g/mol. The fourth-order valence-corrected chi connectivity index (χ4v) is 1.88. The lowest BCUT2D eigenvalue weighted by atomic mass is 10.0. The van der Waals surface area contributed by atoms with E-state index in [1.165, 1.54) is 0 Å². The largest absolute Gasteiger partial charge is 0.192 e. The monoisotopic (exact) mass is 305 g/mol. The summed E-state index contributed by atoms with van der Waals surface area (Å²) in [6.07, 6.45) is 0. The predicted octanol–water partition coefficient (Wildman–Crippen LogP) is 3.83. The molecule has 0 radical (unpaired) electrons. The maximum atomic E-state index is 8.93. The molecule has 15 heavy (non-hydrogen) atoms. The van der Waals surface area contributed by atoms with Gasteiger partial charge in [-0.3, -0.25) is 0 Å². The third-order valence-corrected chi connectivity index (χ3v) is 3.13. The van der Waals surface area contributed by atoms with Gasteiger partial charge in [-0.1, -0.05) is 36.4 Å². The van der Waals surface area contributed by atoms with E-state index in [9.17, 15) is 0 Å². The molecule has 0 amide bonds. The first-order valence-corrected chi connectivity index (χ1v) is 5.64. The summed E-state index contributed by atoms with van der Waals surface area (Å²) in [5, 5.41) is 8.93. The van der Waals surface area contributed by atoms with Gasteiger partial charge in [0, 0.05) is 3.57 Å². The van der Waals surface area contributed by atoms with Crippen LogP contribution in [0.1, 0.15) is 5.56 Å². The molecule has 0 heterocycles. The highest BCUT2D eigenvalue weighted by Crippen LogP contribution is 2.22. The van der Waals surface area contributed by atoms with Gasteiger partial charge in [0.15, 0.2) is 0 Å². The number of benzene rings is 2. The Hall–Kier alpha value is -1.34. The normalized spacial score (nSPS) is 9.60. The molecule has 2 aromatic carbocycles. The molecule has 0 spiro atoms. The van der Waals surface area contributed by atoms with E-state index >= 15 is 0 Å². The van der Waals surface area contributed by atoms with Crippen molar-refractivity contribution in [3.63, 3.8) is 0 Å². The number of hydrogen-bond acceptors (Lipinski definition) is 1. The molecule has 2 heteroatoms. The van der Waals surface area contributed by atoms with Crippen molar-refractivity contribution in [2.75, 3.05) is 0 Å². The molecule has 0 saturated heterocycles. The Kier molecular flexibility index (Phi) is 3.02. The second kappa shape index (κ2) is 4.45. The van der Waals surface area contributed by atoms with Gasteiger partial charge in [0.25, 0.3) is 0 Å². The summed E-state index contributed by atoms with van der Waals surface area (Å²) < 4.78 is 0.995. The fraction of sp³-hybridized carbons (Fsp3) is 0. The van der Waals surface area contributed by atoms with E-state index in [1.54, 1.807) is 0 Å². The van der Waals surface area contributed by atoms with Crippen LogP contribution >= 0.6 is 22.6 Å². The molecular formula is C13H8IN. The number of halogens is 1. The van der Waals surface area contributed by atoms with E-state index in [0.29, 0.717) is 0 Å². The van der Waals surface area contributed by atoms with Gasteiger partial charge >= 0.3 is 0 Å². The van der Waals surface area contributed by atoms with Crippen molar-refractivity contribution in [3.05, 3.63) is 57.7 Å². The molecule has 0 unspecified atom stereocenters. The molecule has 0 saturated carbocycles.